The number of ether oxygens (including phenoxy) is 2. The molecule has 0 aliphatic heterocycles. The van der Waals surface area contributed by atoms with Gasteiger partial charge in [-0.15, -0.1) is 0 Å². The Hall–Kier alpha value is -0.990. The number of rotatable bonds is 70. The number of hydrogen-bond acceptors (Lipinski definition) is 7. The summed E-state index contributed by atoms with van der Waals surface area (Å²) in [6.07, 6.45) is 78.1. The monoisotopic (exact) mass is 1180 g/mol. The molecule has 0 fully saturated rings. The van der Waals surface area contributed by atoms with Gasteiger partial charge in [-0.05, 0) is 12.8 Å². The van der Waals surface area contributed by atoms with Crippen LogP contribution in [0, 0.1) is 0 Å². The molecule has 82 heavy (non-hydrogen) atoms. The Morgan fingerprint density at radius 3 is 0.780 bits per heavy atom. The van der Waals surface area contributed by atoms with Crippen LogP contribution in [0.25, 0.3) is 0 Å². The molecule has 490 valence electrons. The van der Waals surface area contributed by atoms with Crippen LogP contribution in [0.5, 0.6) is 0 Å². The Labute approximate surface area is 512 Å². The van der Waals surface area contributed by atoms with E-state index in [2.05, 4.69) is 13.8 Å². The molecule has 2 unspecified atom stereocenters. The number of quaternary nitrogens is 1. The Kier molecular flexibility index (Phi) is 63.7. The molecule has 0 radical (unpaired) electrons. The smallest absolute Gasteiger partial charge is 0.462 e. The lowest BCUT2D eigenvalue weighted by Gasteiger charge is -2.24. The highest BCUT2D eigenvalue weighted by Gasteiger charge is 2.27. The second-order valence-corrected chi connectivity index (χ2v) is 28.2. The van der Waals surface area contributed by atoms with Crippen molar-refractivity contribution in [3.8, 4) is 0 Å². The number of carbonyl (C=O) groups is 2. The minimum atomic E-state index is -4.38. The fourth-order valence-corrected chi connectivity index (χ4v) is 12.2. The number of likely N-dealkylation sites (N-methyl/N-ethyl adjacent to an activating group) is 1. The maximum Gasteiger partial charge on any atom is 0.472 e. The van der Waals surface area contributed by atoms with Crippen LogP contribution >= 0.6 is 7.82 Å². The van der Waals surface area contributed by atoms with Crippen LogP contribution in [0.1, 0.15) is 399 Å². The minimum absolute atomic E-state index is 0.0377. The number of phosphoric acid groups is 1. The molecule has 0 saturated heterocycles. The molecule has 0 aromatic rings. The number of carbonyl (C=O) groups excluding carboxylic acids is 2. The fourth-order valence-electron chi connectivity index (χ4n) is 11.5. The summed E-state index contributed by atoms with van der Waals surface area (Å²) in [4.78, 5) is 35.9. The van der Waals surface area contributed by atoms with Gasteiger partial charge in [0.15, 0.2) is 6.10 Å². The van der Waals surface area contributed by atoms with E-state index in [1.807, 2.05) is 21.1 Å². The molecule has 0 heterocycles. The zero-order valence-electron chi connectivity index (χ0n) is 56.0. The highest BCUT2D eigenvalue weighted by atomic mass is 31.2. The van der Waals surface area contributed by atoms with Crippen LogP contribution in [0.15, 0.2) is 0 Å². The highest BCUT2D eigenvalue weighted by Crippen LogP contribution is 2.43. The molecule has 9 nitrogen and oxygen atoms in total. The summed E-state index contributed by atoms with van der Waals surface area (Å²) in [6.45, 7) is 4.53. The second kappa shape index (κ2) is 64.5. The lowest BCUT2D eigenvalue weighted by molar-refractivity contribution is -0.870. The molecular weight excluding hydrogens is 1040 g/mol. The lowest BCUT2D eigenvalue weighted by atomic mass is 10.0. The first-order valence-corrected chi connectivity index (χ1v) is 38.3. The van der Waals surface area contributed by atoms with E-state index in [4.69, 9.17) is 18.5 Å². The molecule has 10 heteroatoms. The number of phosphoric ester groups is 1. The molecule has 0 aromatic heterocycles. The minimum Gasteiger partial charge on any atom is -0.462 e. The molecule has 1 N–H and O–H groups in total. The van der Waals surface area contributed by atoms with Crippen molar-refractivity contribution in [2.24, 2.45) is 0 Å². The molecule has 0 rings (SSSR count). The molecule has 0 spiro atoms. The third kappa shape index (κ3) is 68.1. The highest BCUT2D eigenvalue weighted by molar-refractivity contribution is 7.47. The van der Waals surface area contributed by atoms with Crippen LogP contribution in [0.4, 0.5) is 0 Å². The first kappa shape index (κ1) is 81.0. The average molecular weight is 1180 g/mol. The van der Waals surface area contributed by atoms with E-state index < -0.39 is 26.5 Å². The first-order valence-electron chi connectivity index (χ1n) is 36.8. The van der Waals surface area contributed by atoms with Gasteiger partial charge in [-0.3, -0.25) is 18.6 Å². The number of unbranched alkanes of at least 4 members (excludes halogenated alkanes) is 56. The topological polar surface area (TPSA) is 108 Å². The summed E-state index contributed by atoms with van der Waals surface area (Å²) < 4.78 is 34.8. The maximum atomic E-state index is 12.9. The Balaban J connectivity index is 3.90. The van der Waals surface area contributed by atoms with Crippen molar-refractivity contribution in [2.45, 2.75) is 405 Å². The van der Waals surface area contributed by atoms with Crippen molar-refractivity contribution in [3.05, 3.63) is 0 Å². The van der Waals surface area contributed by atoms with Gasteiger partial charge in [0, 0.05) is 12.8 Å². The van der Waals surface area contributed by atoms with Crippen LogP contribution < -0.4 is 0 Å². The zero-order valence-corrected chi connectivity index (χ0v) is 56.9. The maximum absolute atomic E-state index is 12.9. The molecular formula is C72H145NO8P+. The van der Waals surface area contributed by atoms with Gasteiger partial charge in [0.25, 0.3) is 0 Å². The van der Waals surface area contributed by atoms with E-state index in [-0.39, 0.29) is 25.6 Å². The van der Waals surface area contributed by atoms with Crippen molar-refractivity contribution in [3.63, 3.8) is 0 Å². The van der Waals surface area contributed by atoms with Crippen LogP contribution in [0.3, 0.4) is 0 Å². The third-order valence-corrected chi connectivity index (χ3v) is 18.1. The fraction of sp³-hybridized carbons (Fsp3) is 0.972. The second-order valence-electron chi connectivity index (χ2n) is 26.7. The first-order chi connectivity index (χ1) is 40.0. The van der Waals surface area contributed by atoms with E-state index in [1.54, 1.807) is 0 Å². The van der Waals surface area contributed by atoms with Gasteiger partial charge in [-0.1, -0.05) is 373 Å². The van der Waals surface area contributed by atoms with Gasteiger partial charge < -0.3 is 18.9 Å². The lowest BCUT2D eigenvalue weighted by Crippen LogP contribution is -2.37. The van der Waals surface area contributed by atoms with Gasteiger partial charge in [-0.2, -0.15) is 0 Å². The van der Waals surface area contributed by atoms with Crippen LogP contribution in [0.2, 0.25) is 0 Å². The third-order valence-electron chi connectivity index (χ3n) is 17.1. The Bertz CT molecular complexity index is 1340. The largest absolute Gasteiger partial charge is 0.472 e. The molecule has 0 bridgehead atoms. The Morgan fingerprint density at radius 2 is 0.549 bits per heavy atom. The number of esters is 2. The summed E-state index contributed by atoms with van der Waals surface area (Å²) in [6, 6.07) is 0. The molecule has 2 atom stereocenters. The normalized spacial score (nSPS) is 13.0. The predicted octanol–water partition coefficient (Wildman–Crippen LogP) is 23.7. The van der Waals surface area contributed by atoms with Gasteiger partial charge >= 0.3 is 19.8 Å². The van der Waals surface area contributed by atoms with Crippen molar-refractivity contribution in [2.75, 3.05) is 47.5 Å². The van der Waals surface area contributed by atoms with E-state index >= 15 is 0 Å². The predicted molar refractivity (Wildman–Crippen MR) is 354 cm³/mol. The number of nitrogens with zero attached hydrogens (tertiary/aromatic N) is 1. The van der Waals surface area contributed by atoms with Crippen LogP contribution in [-0.2, 0) is 32.7 Å². The molecule has 0 saturated carbocycles. The van der Waals surface area contributed by atoms with Crippen LogP contribution in [-0.4, -0.2) is 74.9 Å². The summed E-state index contributed by atoms with van der Waals surface area (Å²) in [5.41, 5.74) is 0. The molecule has 0 aliphatic rings. The van der Waals surface area contributed by atoms with Crippen molar-refractivity contribution < 1.29 is 42.1 Å². The molecule has 0 amide bonds. The summed E-state index contributed by atoms with van der Waals surface area (Å²) in [7, 11) is 1.51. The SMILES string of the molecule is CCCCCCCCCCCCCCCCCCCCCCCCCCCCCCCCCCCCCCC(=O)OC(COC(=O)CCCCCCCCCCCCCCCCCCCCCCCC)COP(=O)(O)OCC[N+](C)(C)C. The Morgan fingerprint density at radius 1 is 0.329 bits per heavy atom. The summed E-state index contributed by atoms with van der Waals surface area (Å²) in [5, 5.41) is 0. The van der Waals surface area contributed by atoms with E-state index in [0.29, 0.717) is 17.4 Å². The van der Waals surface area contributed by atoms with Crippen molar-refractivity contribution >= 4 is 19.8 Å². The summed E-state index contributed by atoms with van der Waals surface area (Å²) >= 11 is 0. The standard InChI is InChI=1S/C72H144NO8P/c1-6-8-10-12-14-16-18-20-22-24-26-28-30-31-32-33-34-35-36-37-38-39-40-41-42-43-45-47-49-51-53-55-57-59-61-63-65-72(75)81-70(69-80-82(76,77)79-67-66-73(3,4)5)68-78-71(74)64-62-60-58-56-54-52-50-48-46-44-29-27-25-23-21-19-17-15-13-11-9-7-2/h70H,6-69H2,1-5H3/p+1. The van der Waals surface area contributed by atoms with Gasteiger partial charge in [0.2, 0.25) is 0 Å². The van der Waals surface area contributed by atoms with Crippen molar-refractivity contribution in [1.82, 2.24) is 0 Å². The van der Waals surface area contributed by atoms with Gasteiger partial charge in [0.1, 0.15) is 19.8 Å². The van der Waals surface area contributed by atoms with E-state index in [9.17, 15) is 19.0 Å². The van der Waals surface area contributed by atoms with E-state index in [0.717, 1.165) is 38.5 Å². The molecule has 0 aromatic carbocycles. The number of hydrogen-bond donors (Lipinski definition) is 1. The molecule has 0 aliphatic carbocycles. The van der Waals surface area contributed by atoms with Gasteiger partial charge in [-0.25, -0.2) is 4.57 Å². The summed E-state index contributed by atoms with van der Waals surface area (Å²) in [5.74, 6) is -0.767. The quantitative estimate of drug-likeness (QED) is 0.0278. The zero-order chi connectivity index (χ0) is 59.8. The van der Waals surface area contributed by atoms with Gasteiger partial charge in [0.05, 0.1) is 27.7 Å². The average Bonchev–Trinajstić information content (AvgIpc) is 3.44. The van der Waals surface area contributed by atoms with E-state index in [1.165, 1.54) is 334 Å². The van der Waals surface area contributed by atoms with Crippen molar-refractivity contribution in [1.29, 1.82) is 0 Å².